The zero-order valence-electron chi connectivity index (χ0n) is 22.4. The van der Waals surface area contributed by atoms with Gasteiger partial charge in [0.1, 0.15) is 16.1 Å². The number of nitrogens with one attached hydrogen (secondary N) is 1. The van der Waals surface area contributed by atoms with Crippen molar-refractivity contribution in [1.29, 1.82) is 5.41 Å². The van der Waals surface area contributed by atoms with Crippen molar-refractivity contribution >= 4 is 60.8 Å². The number of piperazine rings is 1. The first-order valence-electron chi connectivity index (χ1n) is 12.8. The molecule has 3 aromatic rings. The van der Waals surface area contributed by atoms with Crippen LogP contribution in [0.25, 0.3) is 10.1 Å². The van der Waals surface area contributed by atoms with Crippen molar-refractivity contribution in [2.75, 3.05) is 47.0 Å². The van der Waals surface area contributed by atoms with Crippen LogP contribution in [0.5, 0.6) is 0 Å². The molecule has 5 rings (SSSR count). The first-order chi connectivity index (χ1) is 19.6. The number of amidine groups is 1. The van der Waals surface area contributed by atoms with Crippen LogP contribution in [0.1, 0.15) is 11.1 Å². The third kappa shape index (κ3) is 6.25. The first kappa shape index (κ1) is 29.4. The maximum atomic E-state index is 13.5. The number of sulfonamides is 1. The molecule has 11 nitrogen and oxygen atoms in total. The smallest absolute Gasteiger partial charge is 0.329 e. The topological polar surface area (TPSA) is 130 Å². The van der Waals surface area contributed by atoms with Gasteiger partial charge in [-0.05, 0) is 29.1 Å². The van der Waals surface area contributed by atoms with E-state index in [1.165, 1.54) is 12.0 Å². The highest BCUT2D eigenvalue weighted by molar-refractivity contribution is 7.91. The molecule has 1 atom stereocenters. The number of rotatable bonds is 8. The number of esters is 1. The number of thiophene rings is 1. The van der Waals surface area contributed by atoms with Gasteiger partial charge >= 0.3 is 5.97 Å². The maximum Gasteiger partial charge on any atom is 0.329 e. The number of ether oxygens (including phenoxy) is 3. The minimum Gasteiger partial charge on any atom is -0.467 e. The highest BCUT2D eigenvalue weighted by atomic mass is 35.5. The summed E-state index contributed by atoms with van der Waals surface area (Å²) < 4.78 is 44.7. The van der Waals surface area contributed by atoms with Crippen molar-refractivity contribution in [2.24, 2.45) is 0 Å². The fraction of sp³-hybridized carbons (Fsp3) is 0.370. The van der Waals surface area contributed by atoms with E-state index in [0.29, 0.717) is 40.6 Å². The molecule has 3 heterocycles. The summed E-state index contributed by atoms with van der Waals surface area (Å²) in [5, 5.41) is 9.69. The van der Waals surface area contributed by atoms with Crippen LogP contribution in [0.15, 0.2) is 52.7 Å². The van der Waals surface area contributed by atoms with Gasteiger partial charge in [-0.2, -0.15) is 4.31 Å². The van der Waals surface area contributed by atoms with Gasteiger partial charge in [-0.3, -0.25) is 10.2 Å². The Hall–Kier alpha value is -3.07. The number of amides is 1. The Morgan fingerprint density at radius 1 is 1.17 bits per heavy atom. The molecule has 1 N–H and O–H groups in total. The molecule has 0 radical (unpaired) electrons. The molecule has 2 aromatic carbocycles. The summed E-state index contributed by atoms with van der Waals surface area (Å²) in [5.41, 5.74) is 1.37. The maximum absolute atomic E-state index is 13.5. The predicted molar refractivity (Wildman–Crippen MR) is 154 cm³/mol. The lowest BCUT2D eigenvalue weighted by Crippen LogP contribution is -2.60. The average molecular weight is 621 g/mol. The number of halogens is 1. The molecule has 2 aliphatic heterocycles. The molecule has 2 saturated heterocycles. The molecule has 1 amide bonds. The van der Waals surface area contributed by atoms with E-state index >= 15 is 0 Å². The van der Waals surface area contributed by atoms with Crippen molar-refractivity contribution in [2.45, 2.75) is 23.1 Å². The molecule has 2 fully saturated rings. The van der Waals surface area contributed by atoms with Crippen LogP contribution < -0.4 is 0 Å². The Bertz CT molecular complexity index is 1570. The number of carbonyl (C=O) groups is 2. The number of hydrogen-bond acceptors (Lipinski definition) is 9. The number of carbonyl (C=O) groups excluding carboxylic acids is 2. The standard InChI is InChI=1S/C27H29ClN4O7S2/c1-30(16-24-38-9-10-39-24)26(29)18-5-3-17(4-6-18)13-32-21(27(34)37-2)14-31(15-23(32)33)41(35,36)25-11-19-7-8-20(28)12-22(19)40-25/h3-8,11-12,21,24,29H,9-10,13-16H2,1-2H3/t21-/m1/s1. The average Bonchev–Trinajstić information content (AvgIpc) is 3.63. The van der Waals surface area contributed by atoms with Crippen LogP contribution in [0.4, 0.5) is 0 Å². The molecule has 218 valence electrons. The second-order valence-corrected chi connectivity index (χ2v) is 13.4. The lowest BCUT2D eigenvalue weighted by Gasteiger charge is -2.38. The monoisotopic (exact) mass is 620 g/mol. The van der Waals surface area contributed by atoms with Gasteiger partial charge in [0.2, 0.25) is 5.91 Å². The van der Waals surface area contributed by atoms with Crippen molar-refractivity contribution in [1.82, 2.24) is 14.1 Å². The van der Waals surface area contributed by atoms with Crippen molar-refractivity contribution in [3.63, 3.8) is 0 Å². The highest BCUT2D eigenvalue weighted by Crippen LogP contribution is 2.33. The largest absolute Gasteiger partial charge is 0.467 e. The van der Waals surface area contributed by atoms with E-state index in [2.05, 4.69) is 0 Å². The molecule has 0 aliphatic carbocycles. The summed E-state index contributed by atoms with van der Waals surface area (Å²) in [4.78, 5) is 29.1. The van der Waals surface area contributed by atoms with Crippen molar-refractivity contribution < 1.29 is 32.2 Å². The first-order valence-corrected chi connectivity index (χ1v) is 15.4. The fourth-order valence-electron chi connectivity index (χ4n) is 4.74. The second-order valence-electron chi connectivity index (χ2n) is 9.70. The fourth-order valence-corrected chi connectivity index (χ4v) is 7.96. The van der Waals surface area contributed by atoms with Crippen LogP contribution in [-0.4, -0.2) is 99.6 Å². The summed E-state index contributed by atoms with van der Waals surface area (Å²) in [7, 11) is -1.08. The lowest BCUT2D eigenvalue weighted by molar-refractivity contribution is -0.157. The van der Waals surface area contributed by atoms with Gasteiger partial charge < -0.3 is 24.0 Å². The Kier molecular flexibility index (Phi) is 8.64. The summed E-state index contributed by atoms with van der Waals surface area (Å²) in [5.74, 6) is -0.952. The van der Waals surface area contributed by atoms with Crippen LogP contribution >= 0.6 is 22.9 Å². The van der Waals surface area contributed by atoms with E-state index in [-0.39, 0.29) is 29.4 Å². The molecular formula is C27H29ClN4O7S2. The minimum absolute atomic E-state index is 0.0636. The van der Waals surface area contributed by atoms with E-state index in [4.69, 9.17) is 31.2 Å². The van der Waals surface area contributed by atoms with Crippen LogP contribution in [-0.2, 0) is 40.4 Å². The Labute approximate surface area is 246 Å². The van der Waals surface area contributed by atoms with E-state index in [1.807, 2.05) is 0 Å². The van der Waals surface area contributed by atoms with Crippen molar-refractivity contribution in [3.05, 3.63) is 64.7 Å². The van der Waals surface area contributed by atoms with Crippen LogP contribution in [0, 0.1) is 5.41 Å². The van der Waals surface area contributed by atoms with Gasteiger partial charge in [-0.1, -0.05) is 41.9 Å². The Morgan fingerprint density at radius 3 is 2.56 bits per heavy atom. The van der Waals surface area contributed by atoms with Gasteiger partial charge in [-0.25, -0.2) is 13.2 Å². The Balaban J connectivity index is 1.30. The number of hydrogen-bond donors (Lipinski definition) is 1. The number of likely N-dealkylation sites (N-methyl/N-ethyl adjacent to an activating group) is 1. The molecule has 41 heavy (non-hydrogen) atoms. The molecule has 0 saturated carbocycles. The summed E-state index contributed by atoms with van der Waals surface area (Å²) >= 11 is 7.11. The van der Waals surface area contributed by atoms with E-state index in [0.717, 1.165) is 21.0 Å². The Morgan fingerprint density at radius 2 is 1.88 bits per heavy atom. The summed E-state index contributed by atoms with van der Waals surface area (Å²) in [6.07, 6.45) is -0.374. The van der Waals surface area contributed by atoms with Crippen LogP contribution in [0.3, 0.4) is 0 Å². The summed E-state index contributed by atoms with van der Waals surface area (Å²) in [6, 6.07) is 12.6. The number of nitrogens with zero attached hydrogens (tertiary/aromatic N) is 3. The van der Waals surface area contributed by atoms with Gasteiger partial charge in [0.05, 0.1) is 33.4 Å². The minimum atomic E-state index is -4.07. The van der Waals surface area contributed by atoms with Crippen molar-refractivity contribution in [3.8, 4) is 0 Å². The van der Waals surface area contributed by atoms with E-state index in [9.17, 15) is 18.0 Å². The van der Waals surface area contributed by atoms with Gasteiger partial charge in [-0.15, -0.1) is 11.3 Å². The predicted octanol–water partition coefficient (Wildman–Crippen LogP) is 2.76. The number of methoxy groups -OCH3 is 1. The van der Waals surface area contributed by atoms with Gasteiger partial charge in [0, 0.05) is 35.4 Å². The van der Waals surface area contributed by atoms with E-state index in [1.54, 1.807) is 60.5 Å². The lowest BCUT2D eigenvalue weighted by atomic mass is 10.1. The zero-order chi connectivity index (χ0) is 29.3. The molecule has 1 aromatic heterocycles. The number of benzene rings is 2. The molecule has 0 unspecified atom stereocenters. The van der Waals surface area contributed by atoms with Crippen LogP contribution in [0.2, 0.25) is 5.02 Å². The van der Waals surface area contributed by atoms with E-state index < -0.39 is 34.5 Å². The molecule has 14 heteroatoms. The molecule has 0 bridgehead atoms. The van der Waals surface area contributed by atoms with Gasteiger partial charge in [0.25, 0.3) is 10.0 Å². The molecule has 2 aliphatic rings. The molecular weight excluding hydrogens is 592 g/mol. The highest BCUT2D eigenvalue weighted by Gasteiger charge is 2.43. The molecule has 0 spiro atoms. The number of fused-ring (bicyclic) bond motifs is 1. The quantitative estimate of drug-likeness (QED) is 0.231. The third-order valence-electron chi connectivity index (χ3n) is 6.99. The second kappa shape index (κ2) is 12.0. The third-order valence-corrected chi connectivity index (χ3v) is 10.6. The SMILES string of the molecule is COC(=O)[C@H]1CN(S(=O)(=O)c2cc3ccc(Cl)cc3s2)CC(=O)N1Cc1ccc(C(=N)N(C)CC2OCCO2)cc1. The summed E-state index contributed by atoms with van der Waals surface area (Å²) in [6.45, 7) is 0.899. The normalized spacial score (nSPS) is 18.7. The zero-order valence-corrected chi connectivity index (χ0v) is 24.8. The van der Waals surface area contributed by atoms with Gasteiger partial charge in [0.15, 0.2) is 6.29 Å².